The number of hydrogen-bond donors (Lipinski definition) is 1. The van der Waals surface area contributed by atoms with Crippen molar-refractivity contribution in [2.45, 2.75) is 37.9 Å². The second kappa shape index (κ2) is 8.08. The van der Waals surface area contributed by atoms with Gasteiger partial charge in [-0.25, -0.2) is 14.2 Å². The largest absolute Gasteiger partial charge is 0.545 e. The lowest BCUT2D eigenvalue weighted by Crippen LogP contribution is -2.53. The summed E-state index contributed by atoms with van der Waals surface area (Å²) in [4.78, 5) is 53.7. The Bertz CT molecular complexity index is 1780. The van der Waals surface area contributed by atoms with E-state index in [2.05, 4.69) is 4.98 Å². The molecule has 9 nitrogen and oxygen atoms in total. The highest BCUT2D eigenvalue weighted by molar-refractivity contribution is 5.85. The number of rotatable bonds is 4. The van der Waals surface area contributed by atoms with Crippen LogP contribution in [0.4, 0.5) is 13.2 Å². The first kappa shape index (κ1) is 24.3. The predicted octanol–water partition coefficient (Wildman–Crippen LogP) is 1.66. The third kappa shape index (κ3) is 3.46. The third-order valence-electron chi connectivity index (χ3n) is 7.26. The molecule has 1 aliphatic rings. The molecule has 0 amide bonds. The lowest BCUT2D eigenvalue weighted by molar-refractivity contribution is -0.255. The van der Waals surface area contributed by atoms with E-state index < -0.39 is 45.8 Å². The van der Waals surface area contributed by atoms with Gasteiger partial charge in [-0.05, 0) is 54.7 Å². The smallest absolute Gasteiger partial charge is 0.416 e. The van der Waals surface area contributed by atoms with E-state index in [0.717, 1.165) is 21.4 Å². The molecule has 1 atom stereocenters. The summed E-state index contributed by atoms with van der Waals surface area (Å²) in [7, 11) is 1.54. The van der Waals surface area contributed by atoms with Gasteiger partial charge in [0.1, 0.15) is 0 Å². The average molecular weight is 513 g/mol. The molecule has 0 aliphatic heterocycles. The maximum atomic E-state index is 13.8. The number of carbonyl (C=O) groups excluding carboxylic acids is 1. The van der Waals surface area contributed by atoms with Gasteiger partial charge in [0.15, 0.2) is 0 Å². The molecule has 0 radical (unpaired) electrons. The van der Waals surface area contributed by atoms with E-state index in [9.17, 15) is 37.5 Å². The topological polar surface area (TPSA) is 122 Å². The summed E-state index contributed by atoms with van der Waals surface area (Å²) in [5.74, 6) is -1.84. The summed E-state index contributed by atoms with van der Waals surface area (Å²) in [6.45, 7) is 1.62. The quantitative estimate of drug-likeness (QED) is 0.445. The van der Waals surface area contributed by atoms with E-state index in [1.54, 1.807) is 20.0 Å². The van der Waals surface area contributed by atoms with E-state index in [0.29, 0.717) is 11.0 Å². The lowest BCUT2D eigenvalue weighted by Gasteiger charge is -2.32. The maximum Gasteiger partial charge on any atom is 0.416 e. The fourth-order valence-corrected chi connectivity index (χ4v) is 5.41. The van der Waals surface area contributed by atoms with Crippen LogP contribution in [0.3, 0.4) is 0 Å². The number of imidazole rings is 1. The number of H-pyrrole nitrogens is 1. The minimum atomic E-state index is -4.64. The monoisotopic (exact) mass is 513 g/mol. The van der Waals surface area contributed by atoms with Crippen molar-refractivity contribution >= 4 is 17.0 Å². The Morgan fingerprint density at radius 1 is 1.16 bits per heavy atom. The summed E-state index contributed by atoms with van der Waals surface area (Å²) in [6, 6.07) is 8.04. The first-order chi connectivity index (χ1) is 17.4. The van der Waals surface area contributed by atoms with Gasteiger partial charge < -0.3 is 14.9 Å². The summed E-state index contributed by atoms with van der Waals surface area (Å²) in [6.07, 6.45) is -3.82. The van der Waals surface area contributed by atoms with Crippen molar-refractivity contribution < 1.29 is 23.1 Å². The van der Waals surface area contributed by atoms with Crippen molar-refractivity contribution in [1.82, 2.24) is 18.7 Å². The Morgan fingerprint density at radius 3 is 2.54 bits per heavy atom. The fourth-order valence-electron chi connectivity index (χ4n) is 5.41. The molecule has 4 aromatic rings. The minimum Gasteiger partial charge on any atom is -0.545 e. The summed E-state index contributed by atoms with van der Waals surface area (Å²) < 4.78 is 44.2. The number of nitrogens with one attached hydrogen (secondary N) is 1. The Kier molecular flexibility index (Phi) is 5.32. The van der Waals surface area contributed by atoms with Crippen LogP contribution >= 0.6 is 0 Å². The van der Waals surface area contributed by atoms with Gasteiger partial charge in [-0.15, -0.1) is 0 Å². The maximum absolute atomic E-state index is 13.8. The number of fused-ring (bicyclic) bond motifs is 2. The molecule has 0 spiro atoms. The molecule has 12 heteroatoms. The summed E-state index contributed by atoms with van der Waals surface area (Å²) in [5.41, 5.74) is -4.56. The van der Waals surface area contributed by atoms with Crippen LogP contribution in [0.5, 0.6) is 0 Å². The number of carbonyl (C=O) groups is 1. The van der Waals surface area contributed by atoms with Crippen molar-refractivity contribution in [1.29, 1.82) is 0 Å². The highest BCUT2D eigenvalue weighted by atomic mass is 19.4. The predicted molar refractivity (Wildman–Crippen MR) is 125 cm³/mol. The summed E-state index contributed by atoms with van der Waals surface area (Å²) >= 11 is 0. The van der Waals surface area contributed by atoms with Gasteiger partial charge >= 0.3 is 17.6 Å². The number of benzene rings is 2. The molecule has 0 saturated heterocycles. The van der Waals surface area contributed by atoms with Crippen molar-refractivity contribution in [2.24, 2.45) is 7.05 Å². The molecule has 2 aromatic carbocycles. The van der Waals surface area contributed by atoms with E-state index >= 15 is 0 Å². The number of aromatic carboxylic acids is 1. The van der Waals surface area contributed by atoms with Crippen LogP contribution < -0.4 is 22.0 Å². The number of nitrogens with zero attached hydrogens (tertiary/aromatic N) is 3. The van der Waals surface area contributed by atoms with Crippen LogP contribution in [0.2, 0.25) is 0 Å². The SMILES string of the molecule is CCC1(n2c(=O)c(C(=O)[O-])cn(-c3ccc4c(c3)[nH]c(=O)n4C)c2=O)CCc2c(C(F)(F)F)cccc21. The zero-order valence-electron chi connectivity index (χ0n) is 19.7. The highest BCUT2D eigenvalue weighted by Gasteiger charge is 2.46. The molecule has 0 bridgehead atoms. The molecule has 1 aliphatic carbocycles. The number of hydrogen-bond acceptors (Lipinski definition) is 5. The average Bonchev–Trinajstić information content (AvgIpc) is 3.35. The second-order valence-corrected chi connectivity index (χ2v) is 9.03. The number of halogens is 3. The number of aryl methyl sites for hydroxylation is 1. The number of alkyl halides is 3. The molecule has 1 N–H and O–H groups in total. The van der Waals surface area contributed by atoms with Crippen LogP contribution in [0, 0.1) is 0 Å². The third-order valence-corrected chi connectivity index (χ3v) is 7.26. The second-order valence-electron chi connectivity index (χ2n) is 9.03. The number of aromatic nitrogens is 4. The molecule has 2 heterocycles. The van der Waals surface area contributed by atoms with Gasteiger partial charge in [-0.2, -0.15) is 13.2 Å². The summed E-state index contributed by atoms with van der Waals surface area (Å²) in [5, 5.41) is 11.9. The van der Waals surface area contributed by atoms with Gasteiger partial charge in [-0.3, -0.25) is 13.9 Å². The molecule has 0 fully saturated rings. The van der Waals surface area contributed by atoms with E-state index in [1.165, 1.54) is 28.8 Å². The van der Waals surface area contributed by atoms with Crippen molar-refractivity contribution in [2.75, 3.05) is 0 Å². The van der Waals surface area contributed by atoms with Crippen molar-refractivity contribution in [3.63, 3.8) is 0 Å². The van der Waals surface area contributed by atoms with Gasteiger partial charge in [0.2, 0.25) is 0 Å². The first-order valence-corrected chi connectivity index (χ1v) is 11.4. The van der Waals surface area contributed by atoms with Crippen molar-refractivity contribution in [3.8, 4) is 5.69 Å². The molecular formula is C25H20F3N4O5-. The Balaban J connectivity index is 1.84. The number of carboxylic acid groups (broad SMARTS) is 1. The van der Waals surface area contributed by atoms with Gasteiger partial charge in [-0.1, -0.05) is 19.1 Å². The Hall–Kier alpha value is -4.35. The van der Waals surface area contributed by atoms with Crippen LogP contribution in [0.1, 0.15) is 46.8 Å². The Morgan fingerprint density at radius 2 is 1.89 bits per heavy atom. The molecule has 192 valence electrons. The highest BCUT2D eigenvalue weighted by Crippen LogP contribution is 2.46. The Labute approximate surface area is 206 Å². The van der Waals surface area contributed by atoms with E-state index in [4.69, 9.17) is 0 Å². The lowest BCUT2D eigenvalue weighted by atomic mass is 9.87. The van der Waals surface area contributed by atoms with Crippen LogP contribution in [0.25, 0.3) is 16.7 Å². The zero-order valence-corrected chi connectivity index (χ0v) is 19.7. The molecule has 37 heavy (non-hydrogen) atoms. The zero-order chi connectivity index (χ0) is 26.9. The normalized spacial score (nSPS) is 17.3. The molecule has 0 saturated carbocycles. The van der Waals surface area contributed by atoms with Gasteiger partial charge in [0.25, 0.3) is 5.56 Å². The minimum absolute atomic E-state index is 0.0113. The van der Waals surface area contributed by atoms with Crippen LogP contribution in [0.15, 0.2) is 57.0 Å². The van der Waals surface area contributed by atoms with Gasteiger partial charge in [0.05, 0.1) is 39.4 Å². The van der Waals surface area contributed by atoms with Crippen LogP contribution in [-0.4, -0.2) is 24.7 Å². The molecular weight excluding hydrogens is 493 g/mol. The van der Waals surface area contributed by atoms with E-state index in [-0.39, 0.29) is 36.1 Å². The molecule has 2 aromatic heterocycles. The van der Waals surface area contributed by atoms with E-state index in [1.807, 2.05) is 0 Å². The van der Waals surface area contributed by atoms with Crippen molar-refractivity contribution in [3.05, 3.63) is 96.2 Å². The standard InChI is InChI=1S/C25H21F3N4O5/c1-3-24(10-9-14-16(24)5-4-6-17(14)25(26,27)28)32-20(33)15(21(34)35)12-31(23(32)37)13-7-8-19-18(11-13)29-22(36)30(19)2/h4-8,11-12H,3,9-10H2,1-2H3,(H,29,36)(H,34,35)/p-1. The molecule has 5 rings (SSSR count). The first-order valence-electron chi connectivity index (χ1n) is 11.4. The van der Waals surface area contributed by atoms with Crippen LogP contribution in [-0.2, 0) is 25.2 Å². The molecule has 1 unspecified atom stereocenters. The van der Waals surface area contributed by atoms with Gasteiger partial charge in [0, 0.05) is 13.2 Å². The number of carboxylic acids is 1. The number of aromatic amines is 1. The fraction of sp³-hybridized carbons (Fsp3) is 0.280.